The molecule has 1 saturated heterocycles. The highest BCUT2D eigenvalue weighted by Gasteiger charge is 2.48. The van der Waals surface area contributed by atoms with Crippen LogP contribution >= 0.6 is 0 Å². The van der Waals surface area contributed by atoms with E-state index < -0.39 is 26.8 Å². The highest BCUT2D eigenvalue weighted by Crippen LogP contribution is 2.44. The van der Waals surface area contributed by atoms with Crippen molar-refractivity contribution in [2.45, 2.75) is 36.6 Å². The SMILES string of the molecule is CC1(C)C(c2ccccc2)CCN1S(=O)(=O)c1ccc2[nH]c(=O)[nH]c(=O)c2c1. The number of fused-ring (bicyclic) bond motifs is 1. The van der Waals surface area contributed by atoms with Crippen LogP contribution in [0.5, 0.6) is 0 Å². The van der Waals surface area contributed by atoms with E-state index in [2.05, 4.69) is 9.97 Å². The molecule has 8 heteroatoms. The van der Waals surface area contributed by atoms with Crippen molar-refractivity contribution < 1.29 is 8.42 Å². The van der Waals surface area contributed by atoms with E-state index in [4.69, 9.17) is 0 Å². The highest BCUT2D eigenvalue weighted by molar-refractivity contribution is 7.89. The van der Waals surface area contributed by atoms with Crippen LogP contribution in [0.2, 0.25) is 0 Å². The molecule has 0 saturated carbocycles. The first kappa shape index (κ1) is 18.6. The Morgan fingerprint density at radius 3 is 2.46 bits per heavy atom. The van der Waals surface area contributed by atoms with Crippen LogP contribution in [0.1, 0.15) is 31.7 Å². The lowest BCUT2D eigenvalue weighted by atomic mass is 9.83. The molecule has 1 aromatic heterocycles. The van der Waals surface area contributed by atoms with Gasteiger partial charge in [0, 0.05) is 18.0 Å². The minimum absolute atomic E-state index is 0.0411. The van der Waals surface area contributed by atoms with E-state index >= 15 is 0 Å². The quantitative estimate of drug-likeness (QED) is 0.704. The molecule has 0 aliphatic carbocycles. The maximum Gasteiger partial charge on any atom is 0.326 e. The summed E-state index contributed by atoms with van der Waals surface area (Å²) in [5, 5.41) is 0.136. The van der Waals surface area contributed by atoms with Crippen molar-refractivity contribution in [3.8, 4) is 0 Å². The third kappa shape index (κ3) is 2.89. The fourth-order valence-electron chi connectivity index (χ4n) is 4.18. The van der Waals surface area contributed by atoms with Crippen LogP contribution < -0.4 is 11.2 Å². The van der Waals surface area contributed by atoms with E-state index in [0.29, 0.717) is 12.1 Å². The third-order valence-corrected chi connectivity index (χ3v) is 7.70. The predicted molar refractivity (Wildman–Crippen MR) is 107 cm³/mol. The van der Waals surface area contributed by atoms with E-state index in [0.717, 1.165) is 12.0 Å². The van der Waals surface area contributed by atoms with Gasteiger partial charge in [0.1, 0.15) is 0 Å². The van der Waals surface area contributed by atoms with Crippen molar-refractivity contribution in [2.24, 2.45) is 0 Å². The zero-order chi connectivity index (χ0) is 20.1. The number of sulfonamides is 1. The molecule has 1 atom stereocenters. The number of rotatable bonds is 3. The van der Waals surface area contributed by atoms with E-state index in [1.165, 1.54) is 22.5 Å². The molecule has 0 amide bonds. The summed E-state index contributed by atoms with van der Waals surface area (Å²) in [5.74, 6) is 0.0729. The second-order valence-corrected chi connectivity index (χ2v) is 9.46. The first-order valence-corrected chi connectivity index (χ1v) is 10.5. The minimum Gasteiger partial charge on any atom is -0.307 e. The van der Waals surface area contributed by atoms with Crippen molar-refractivity contribution in [3.63, 3.8) is 0 Å². The van der Waals surface area contributed by atoms with Gasteiger partial charge in [-0.1, -0.05) is 30.3 Å². The van der Waals surface area contributed by atoms with Gasteiger partial charge in [0.05, 0.1) is 15.8 Å². The summed E-state index contributed by atoms with van der Waals surface area (Å²) in [6, 6.07) is 14.1. The van der Waals surface area contributed by atoms with Gasteiger partial charge in [-0.3, -0.25) is 9.78 Å². The molecule has 3 aromatic rings. The molecule has 2 N–H and O–H groups in total. The van der Waals surface area contributed by atoms with E-state index in [1.807, 2.05) is 44.2 Å². The Balaban J connectivity index is 1.78. The number of aromatic amines is 2. The predicted octanol–water partition coefficient (Wildman–Crippen LogP) is 2.17. The smallest absolute Gasteiger partial charge is 0.307 e. The average molecular weight is 399 g/mol. The van der Waals surface area contributed by atoms with Crippen molar-refractivity contribution in [3.05, 3.63) is 74.9 Å². The van der Waals surface area contributed by atoms with Crippen molar-refractivity contribution in [1.82, 2.24) is 14.3 Å². The van der Waals surface area contributed by atoms with E-state index in [1.54, 1.807) is 0 Å². The largest absolute Gasteiger partial charge is 0.326 e. The zero-order valence-electron chi connectivity index (χ0n) is 15.6. The monoisotopic (exact) mass is 399 g/mol. The van der Waals surface area contributed by atoms with Gasteiger partial charge < -0.3 is 4.98 Å². The Hall–Kier alpha value is -2.71. The molecule has 146 valence electrons. The number of hydrogen-bond donors (Lipinski definition) is 2. The molecule has 0 bridgehead atoms. The van der Waals surface area contributed by atoms with Crippen molar-refractivity contribution in [2.75, 3.05) is 6.54 Å². The Labute approximate surface area is 162 Å². The number of hydrogen-bond acceptors (Lipinski definition) is 4. The zero-order valence-corrected chi connectivity index (χ0v) is 16.4. The number of aromatic nitrogens is 2. The summed E-state index contributed by atoms with van der Waals surface area (Å²) in [5.41, 5.74) is -0.446. The summed E-state index contributed by atoms with van der Waals surface area (Å²) in [4.78, 5) is 28.2. The van der Waals surface area contributed by atoms with Gasteiger partial charge in [0.2, 0.25) is 10.0 Å². The molecule has 28 heavy (non-hydrogen) atoms. The van der Waals surface area contributed by atoms with Gasteiger partial charge in [-0.05, 0) is 44.0 Å². The van der Waals surface area contributed by atoms with Gasteiger partial charge in [0.25, 0.3) is 5.56 Å². The second-order valence-electron chi connectivity index (χ2n) is 7.60. The van der Waals surface area contributed by atoms with Crippen LogP contribution in [0.25, 0.3) is 10.9 Å². The van der Waals surface area contributed by atoms with Crippen LogP contribution in [0.4, 0.5) is 0 Å². The third-order valence-electron chi connectivity index (χ3n) is 5.62. The Morgan fingerprint density at radius 1 is 1.04 bits per heavy atom. The maximum absolute atomic E-state index is 13.4. The van der Waals surface area contributed by atoms with Crippen molar-refractivity contribution in [1.29, 1.82) is 0 Å². The summed E-state index contributed by atoms with van der Waals surface area (Å²) < 4.78 is 28.3. The van der Waals surface area contributed by atoms with Gasteiger partial charge >= 0.3 is 5.69 Å². The lowest BCUT2D eigenvalue weighted by Crippen LogP contribution is -2.45. The summed E-state index contributed by atoms with van der Waals surface area (Å²) >= 11 is 0. The molecule has 7 nitrogen and oxygen atoms in total. The lowest BCUT2D eigenvalue weighted by molar-refractivity contribution is 0.269. The maximum atomic E-state index is 13.4. The molecule has 1 unspecified atom stereocenters. The average Bonchev–Trinajstić information content (AvgIpc) is 2.97. The van der Waals surface area contributed by atoms with Crippen LogP contribution in [0.3, 0.4) is 0 Å². The fourth-order valence-corrected chi connectivity index (χ4v) is 6.04. The first-order chi connectivity index (χ1) is 13.2. The standard InChI is InChI=1S/C20H21N3O4S/c1-20(2)16(13-6-4-3-5-7-13)10-11-23(20)28(26,27)14-8-9-17-15(12-14)18(24)22-19(25)21-17/h3-9,12,16H,10-11H2,1-2H3,(H2,21,22,24,25). The molecule has 4 rings (SSSR count). The lowest BCUT2D eigenvalue weighted by Gasteiger charge is -2.35. The van der Waals surface area contributed by atoms with E-state index in [9.17, 15) is 18.0 Å². The molecule has 2 aromatic carbocycles. The molecule has 2 heterocycles. The number of benzene rings is 2. The number of nitrogens with one attached hydrogen (secondary N) is 2. The topological polar surface area (TPSA) is 103 Å². The van der Waals surface area contributed by atoms with Gasteiger partial charge in [-0.2, -0.15) is 4.31 Å². The normalized spacial score (nSPS) is 19.9. The van der Waals surface area contributed by atoms with Gasteiger partial charge in [-0.15, -0.1) is 0 Å². The molecule has 0 spiro atoms. The van der Waals surface area contributed by atoms with Gasteiger partial charge in [-0.25, -0.2) is 13.2 Å². The van der Waals surface area contributed by atoms with Crippen LogP contribution in [-0.2, 0) is 10.0 Å². The Kier molecular flexibility index (Phi) is 4.28. The number of nitrogens with zero attached hydrogens (tertiary/aromatic N) is 1. The van der Waals surface area contributed by atoms with Gasteiger partial charge in [0.15, 0.2) is 0 Å². The summed E-state index contributed by atoms with van der Waals surface area (Å²) in [6.07, 6.45) is 0.720. The molecule has 1 fully saturated rings. The summed E-state index contributed by atoms with van der Waals surface area (Å²) in [6.45, 7) is 4.26. The molecule has 0 radical (unpaired) electrons. The van der Waals surface area contributed by atoms with E-state index in [-0.39, 0.29) is 16.2 Å². The fraction of sp³-hybridized carbons (Fsp3) is 0.300. The molecular formula is C20H21N3O4S. The minimum atomic E-state index is -3.82. The van der Waals surface area contributed by atoms with Crippen LogP contribution in [0.15, 0.2) is 63.0 Å². The van der Waals surface area contributed by atoms with Crippen LogP contribution in [0, 0.1) is 0 Å². The molecule has 1 aliphatic rings. The first-order valence-electron chi connectivity index (χ1n) is 9.05. The highest BCUT2D eigenvalue weighted by atomic mass is 32.2. The van der Waals surface area contributed by atoms with Crippen LogP contribution in [-0.4, -0.2) is 34.8 Å². The molecule has 1 aliphatic heterocycles. The molecular weight excluding hydrogens is 378 g/mol. The summed E-state index contributed by atoms with van der Waals surface area (Å²) in [7, 11) is -3.82. The Morgan fingerprint density at radius 2 is 1.75 bits per heavy atom. The number of H-pyrrole nitrogens is 2. The van der Waals surface area contributed by atoms with Crippen molar-refractivity contribution >= 4 is 20.9 Å². The second kappa shape index (κ2) is 6.42. The Bertz CT molecular complexity index is 1260.